The highest BCUT2D eigenvalue weighted by atomic mass is 19.1. The lowest BCUT2D eigenvalue weighted by Gasteiger charge is -2.12. The van der Waals surface area contributed by atoms with E-state index in [9.17, 15) is 14.0 Å². The third-order valence-corrected chi connectivity index (χ3v) is 4.31. The predicted octanol–water partition coefficient (Wildman–Crippen LogP) is 3.85. The van der Waals surface area contributed by atoms with E-state index in [0.717, 1.165) is 24.0 Å². The number of carbonyl (C=O) groups excluding carboxylic acids is 2. The van der Waals surface area contributed by atoms with E-state index in [2.05, 4.69) is 16.0 Å². The Labute approximate surface area is 152 Å². The van der Waals surface area contributed by atoms with Crippen LogP contribution in [0.5, 0.6) is 0 Å². The fourth-order valence-corrected chi connectivity index (χ4v) is 2.56. The van der Waals surface area contributed by atoms with Crippen LogP contribution in [0.4, 0.5) is 20.6 Å². The number of amides is 3. The molecule has 0 radical (unpaired) electrons. The first kappa shape index (κ1) is 17.9. The molecule has 0 aliphatic heterocycles. The van der Waals surface area contributed by atoms with E-state index in [1.807, 2.05) is 19.1 Å². The van der Waals surface area contributed by atoms with Crippen LogP contribution in [0.15, 0.2) is 42.5 Å². The molecule has 3 N–H and O–H groups in total. The Morgan fingerprint density at radius 2 is 1.81 bits per heavy atom. The van der Waals surface area contributed by atoms with Gasteiger partial charge >= 0.3 is 6.03 Å². The standard InChI is InChI=1S/C20H22FN3O2/c1-13-2-9-17(23-19(25)15-5-6-15)12-18(13)24-20(26)22-11-10-14-3-7-16(21)8-4-14/h2-4,7-9,12,15H,5-6,10-11H2,1H3,(H,23,25)(H2,22,24,26). The summed E-state index contributed by atoms with van der Waals surface area (Å²) in [6.45, 7) is 2.33. The van der Waals surface area contributed by atoms with Gasteiger partial charge in [0.15, 0.2) is 0 Å². The monoisotopic (exact) mass is 355 g/mol. The fourth-order valence-electron chi connectivity index (χ4n) is 2.56. The largest absolute Gasteiger partial charge is 0.338 e. The Balaban J connectivity index is 1.51. The molecule has 1 fully saturated rings. The second-order valence-electron chi connectivity index (χ2n) is 6.55. The lowest BCUT2D eigenvalue weighted by molar-refractivity contribution is -0.117. The van der Waals surface area contributed by atoms with E-state index in [1.54, 1.807) is 18.2 Å². The molecule has 2 aromatic rings. The highest BCUT2D eigenvalue weighted by Gasteiger charge is 2.29. The number of carbonyl (C=O) groups is 2. The molecule has 0 spiro atoms. The van der Waals surface area contributed by atoms with E-state index < -0.39 is 0 Å². The van der Waals surface area contributed by atoms with E-state index in [4.69, 9.17) is 0 Å². The molecule has 0 unspecified atom stereocenters. The Hall–Kier alpha value is -2.89. The second kappa shape index (κ2) is 7.99. The smallest absolute Gasteiger partial charge is 0.319 e. The molecule has 26 heavy (non-hydrogen) atoms. The molecule has 1 aliphatic rings. The molecule has 5 nitrogen and oxygen atoms in total. The van der Waals surface area contributed by atoms with Gasteiger partial charge in [0, 0.05) is 23.8 Å². The van der Waals surface area contributed by atoms with Crippen LogP contribution in [-0.2, 0) is 11.2 Å². The summed E-state index contributed by atoms with van der Waals surface area (Å²) >= 11 is 0. The fraction of sp³-hybridized carbons (Fsp3) is 0.300. The maximum absolute atomic E-state index is 12.9. The van der Waals surface area contributed by atoms with Crippen molar-refractivity contribution in [2.24, 2.45) is 5.92 Å². The normalized spacial score (nSPS) is 13.2. The van der Waals surface area contributed by atoms with Gasteiger partial charge in [0.25, 0.3) is 0 Å². The molecule has 0 atom stereocenters. The van der Waals surface area contributed by atoms with Crippen LogP contribution in [0.3, 0.4) is 0 Å². The van der Waals surface area contributed by atoms with Gasteiger partial charge in [-0.1, -0.05) is 18.2 Å². The molecule has 3 rings (SSSR count). The minimum absolute atomic E-state index is 0.0311. The van der Waals surface area contributed by atoms with Crippen molar-refractivity contribution in [3.8, 4) is 0 Å². The number of hydrogen-bond acceptors (Lipinski definition) is 2. The number of halogens is 1. The average Bonchev–Trinajstić information content (AvgIpc) is 3.45. The van der Waals surface area contributed by atoms with Crippen LogP contribution in [-0.4, -0.2) is 18.5 Å². The summed E-state index contributed by atoms with van der Waals surface area (Å²) in [6.07, 6.45) is 2.50. The molecule has 1 saturated carbocycles. The van der Waals surface area contributed by atoms with Gasteiger partial charge in [-0.25, -0.2) is 9.18 Å². The van der Waals surface area contributed by atoms with Gasteiger partial charge in [0.2, 0.25) is 5.91 Å². The summed E-state index contributed by atoms with van der Waals surface area (Å²) < 4.78 is 12.9. The molecular weight excluding hydrogens is 333 g/mol. The van der Waals surface area contributed by atoms with Crippen LogP contribution in [0.2, 0.25) is 0 Å². The molecule has 2 aromatic carbocycles. The first-order chi connectivity index (χ1) is 12.5. The third kappa shape index (κ3) is 5.05. The predicted molar refractivity (Wildman–Crippen MR) is 99.7 cm³/mol. The van der Waals surface area contributed by atoms with Crippen molar-refractivity contribution in [1.82, 2.24) is 5.32 Å². The minimum Gasteiger partial charge on any atom is -0.338 e. The number of nitrogens with one attached hydrogen (secondary N) is 3. The quantitative estimate of drug-likeness (QED) is 0.737. The van der Waals surface area contributed by atoms with Crippen LogP contribution >= 0.6 is 0 Å². The molecule has 3 amide bonds. The van der Waals surface area contributed by atoms with Gasteiger partial charge in [0.05, 0.1) is 0 Å². The molecule has 6 heteroatoms. The highest BCUT2D eigenvalue weighted by molar-refractivity contribution is 5.96. The van der Waals surface area contributed by atoms with E-state index in [-0.39, 0.29) is 23.7 Å². The van der Waals surface area contributed by atoms with Crippen molar-refractivity contribution in [1.29, 1.82) is 0 Å². The number of rotatable bonds is 6. The summed E-state index contributed by atoms with van der Waals surface area (Å²) in [6, 6.07) is 11.3. The van der Waals surface area contributed by atoms with Gasteiger partial charge in [-0.15, -0.1) is 0 Å². The molecule has 0 bridgehead atoms. The second-order valence-corrected chi connectivity index (χ2v) is 6.55. The van der Waals surface area contributed by atoms with E-state index in [0.29, 0.717) is 24.3 Å². The Morgan fingerprint density at radius 1 is 1.08 bits per heavy atom. The zero-order valence-electron chi connectivity index (χ0n) is 14.6. The van der Waals surface area contributed by atoms with Crippen molar-refractivity contribution < 1.29 is 14.0 Å². The molecule has 0 heterocycles. The van der Waals surface area contributed by atoms with Gasteiger partial charge in [0.1, 0.15) is 5.82 Å². The van der Waals surface area contributed by atoms with Gasteiger partial charge in [-0.3, -0.25) is 4.79 Å². The van der Waals surface area contributed by atoms with E-state index in [1.165, 1.54) is 12.1 Å². The third-order valence-electron chi connectivity index (χ3n) is 4.31. The summed E-state index contributed by atoms with van der Waals surface area (Å²) in [5.41, 5.74) is 3.18. The maximum Gasteiger partial charge on any atom is 0.319 e. The van der Waals surface area contributed by atoms with Crippen LogP contribution in [0, 0.1) is 18.7 Å². The number of benzene rings is 2. The molecule has 0 aromatic heterocycles. The van der Waals surface area contributed by atoms with Crippen molar-refractivity contribution in [2.45, 2.75) is 26.2 Å². The maximum atomic E-state index is 12.9. The van der Waals surface area contributed by atoms with Gasteiger partial charge in [-0.05, 0) is 61.6 Å². The Kier molecular flexibility index (Phi) is 5.51. The lowest BCUT2D eigenvalue weighted by Crippen LogP contribution is -2.30. The lowest BCUT2D eigenvalue weighted by atomic mass is 10.1. The Morgan fingerprint density at radius 3 is 2.50 bits per heavy atom. The summed E-state index contributed by atoms with van der Waals surface area (Å²) in [5, 5.41) is 8.45. The molecule has 0 saturated heterocycles. The number of aryl methyl sites for hydroxylation is 1. The van der Waals surface area contributed by atoms with E-state index >= 15 is 0 Å². The van der Waals surface area contributed by atoms with Crippen molar-refractivity contribution in [3.05, 3.63) is 59.4 Å². The van der Waals surface area contributed by atoms with Crippen molar-refractivity contribution in [3.63, 3.8) is 0 Å². The zero-order chi connectivity index (χ0) is 18.5. The zero-order valence-corrected chi connectivity index (χ0v) is 14.6. The summed E-state index contributed by atoms with van der Waals surface area (Å²) in [5.74, 6) is -0.116. The van der Waals surface area contributed by atoms with Crippen molar-refractivity contribution in [2.75, 3.05) is 17.2 Å². The number of urea groups is 1. The number of anilines is 2. The first-order valence-electron chi connectivity index (χ1n) is 8.72. The molecule has 136 valence electrons. The topological polar surface area (TPSA) is 70.2 Å². The average molecular weight is 355 g/mol. The van der Waals surface area contributed by atoms with Crippen LogP contribution in [0.1, 0.15) is 24.0 Å². The first-order valence-corrected chi connectivity index (χ1v) is 8.72. The van der Waals surface area contributed by atoms with Gasteiger partial charge < -0.3 is 16.0 Å². The molecule has 1 aliphatic carbocycles. The highest BCUT2D eigenvalue weighted by Crippen LogP contribution is 2.30. The van der Waals surface area contributed by atoms with Crippen LogP contribution < -0.4 is 16.0 Å². The minimum atomic E-state index is -0.319. The van der Waals surface area contributed by atoms with Crippen molar-refractivity contribution >= 4 is 23.3 Å². The van der Waals surface area contributed by atoms with Crippen LogP contribution in [0.25, 0.3) is 0 Å². The van der Waals surface area contributed by atoms with Gasteiger partial charge in [-0.2, -0.15) is 0 Å². The molecular formula is C20H22FN3O2. The Bertz CT molecular complexity index is 801. The number of hydrogen-bond donors (Lipinski definition) is 3. The SMILES string of the molecule is Cc1ccc(NC(=O)C2CC2)cc1NC(=O)NCCc1ccc(F)cc1. The summed E-state index contributed by atoms with van der Waals surface area (Å²) in [4.78, 5) is 23.9. The summed E-state index contributed by atoms with van der Waals surface area (Å²) in [7, 11) is 0.